The highest BCUT2D eigenvalue weighted by molar-refractivity contribution is 9.10. The standard InChI is InChI=1S/C21H20BrClN4O2/c1-13(28)26-8-10-27(11-9-26)20-21(29)24-18-7-6-14(22)12-16(18)19(25-20)15-4-2-3-5-17(15)23/h2-7,12,20H,8-11H2,1H3,(H,24,29). The molecule has 2 aromatic carbocycles. The first-order valence-electron chi connectivity index (χ1n) is 9.37. The van der Waals surface area contributed by atoms with Crippen molar-refractivity contribution in [1.29, 1.82) is 0 Å². The van der Waals surface area contributed by atoms with Crippen molar-refractivity contribution in [3.63, 3.8) is 0 Å². The van der Waals surface area contributed by atoms with Gasteiger partial charge in [0.15, 0.2) is 6.17 Å². The number of benzene rings is 2. The number of fused-ring (bicyclic) bond motifs is 1. The molecule has 1 N–H and O–H groups in total. The highest BCUT2D eigenvalue weighted by Gasteiger charge is 2.33. The molecule has 1 fully saturated rings. The molecular formula is C21H20BrClN4O2. The molecule has 0 spiro atoms. The summed E-state index contributed by atoms with van der Waals surface area (Å²) >= 11 is 10.00. The average molecular weight is 476 g/mol. The normalized spacial score (nSPS) is 19.8. The number of amides is 2. The lowest BCUT2D eigenvalue weighted by Gasteiger charge is -2.36. The molecule has 0 aliphatic carbocycles. The van der Waals surface area contributed by atoms with Crippen molar-refractivity contribution in [2.24, 2.45) is 4.99 Å². The van der Waals surface area contributed by atoms with E-state index in [-0.39, 0.29) is 11.8 Å². The summed E-state index contributed by atoms with van der Waals surface area (Å²) in [5.41, 5.74) is 2.95. The van der Waals surface area contributed by atoms with Crippen LogP contribution >= 0.6 is 27.5 Å². The number of rotatable bonds is 2. The van der Waals surface area contributed by atoms with Crippen LogP contribution in [0, 0.1) is 0 Å². The van der Waals surface area contributed by atoms with E-state index in [1.807, 2.05) is 47.4 Å². The summed E-state index contributed by atoms with van der Waals surface area (Å²) < 4.78 is 0.888. The van der Waals surface area contributed by atoms with Crippen molar-refractivity contribution in [3.05, 3.63) is 63.1 Å². The van der Waals surface area contributed by atoms with Crippen LogP contribution in [0.15, 0.2) is 51.9 Å². The van der Waals surface area contributed by atoms with Gasteiger partial charge < -0.3 is 10.2 Å². The van der Waals surface area contributed by atoms with Gasteiger partial charge in [-0.25, -0.2) is 0 Å². The fraction of sp³-hybridized carbons (Fsp3) is 0.286. The number of aliphatic imine (C=N–C) groups is 1. The van der Waals surface area contributed by atoms with Crippen LogP contribution in [0.3, 0.4) is 0 Å². The molecule has 2 aliphatic heterocycles. The number of hydrogen-bond donors (Lipinski definition) is 1. The van der Waals surface area contributed by atoms with Gasteiger partial charge in [-0.2, -0.15) is 0 Å². The quantitative estimate of drug-likeness (QED) is 0.724. The van der Waals surface area contributed by atoms with Gasteiger partial charge >= 0.3 is 0 Å². The second kappa shape index (κ2) is 8.26. The van der Waals surface area contributed by atoms with Gasteiger partial charge in [0.05, 0.1) is 11.4 Å². The molecule has 0 radical (unpaired) electrons. The van der Waals surface area contributed by atoms with Gasteiger partial charge in [-0.15, -0.1) is 0 Å². The summed E-state index contributed by atoms with van der Waals surface area (Å²) in [6.45, 7) is 3.88. The molecule has 1 unspecified atom stereocenters. The Hall–Kier alpha value is -2.22. The van der Waals surface area contributed by atoms with Crippen LogP contribution in [-0.2, 0) is 9.59 Å². The average Bonchev–Trinajstić information content (AvgIpc) is 2.84. The first-order chi connectivity index (χ1) is 13.9. The molecule has 150 valence electrons. The van der Waals surface area contributed by atoms with E-state index < -0.39 is 6.17 Å². The minimum Gasteiger partial charge on any atom is -0.340 e. The number of carbonyl (C=O) groups is 2. The van der Waals surface area contributed by atoms with Crippen LogP contribution in [0.5, 0.6) is 0 Å². The largest absolute Gasteiger partial charge is 0.340 e. The first-order valence-corrected chi connectivity index (χ1v) is 10.5. The maximum atomic E-state index is 13.1. The Balaban J connectivity index is 1.77. The Labute approximate surface area is 182 Å². The minimum absolute atomic E-state index is 0.0486. The molecule has 8 heteroatoms. The number of nitrogens with zero attached hydrogens (tertiary/aromatic N) is 3. The predicted octanol–water partition coefficient (Wildman–Crippen LogP) is 3.38. The fourth-order valence-electron chi connectivity index (χ4n) is 3.67. The second-order valence-corrected chi connectivity index (χ2v) is 8.38. The summed E-state index contributed by atoms with van der Waals surface area (Å²) in [5.74, 6) is -0.139. The monoisotopic (exact) mass is 474 g/mol. The lowest BCUT2D eigenvalue weighted by atomic mass is 10.0. The van der Waals surface area contributed by atoms with Crippen molar-refractivity contribution < 1.29 is 9.59 Å². The zero-order valence-electron chi connectivity index (χ0n) is 15.9. The van der Waals surface area contributed by atoms with Crippen molar-refractivity contribution in [2.45, 2.75) is 13.1 Å². The van der Waals surface area contributed by atoms with Crippen LogP contribution < -0.4 is 5.32 Å². The van der Waals surface area contributed by atoms with Gasteiger partial charge in [0.25, 0.3) is 5.91 Å². The molecule has 4 rings (SSSR count). The molecule has 0 aromatic heterocycles. The van der Waals surface area contributed by atoms with E-state index in [1.54, 1.807) is 11.8 Å². The Morgan fingerprint density at radius 1 is 1.14 bits per heavy atom. The van der Waals surface area contributed by atoms with Crippen LogP contribution in [-0.4, -0.2) is 59.7 Å². The van der Waals surface area contributed by atoms with E-state index in [4.69, 9.17) is 16.6 Å². The van der Waals surface area contributed by atoms with Gasteiger partial charge in [-0.1, -0.05) is 45.7 Å². The molecule has 29 heavy (non-hydrogen) atoms. The lowest BCUT2D eigenvalue weighted by molar-refractivity contribution is -0.131. The summed E-state index contributed by atoms with van der Waals surface area (Å²) in [6.07, 6.45) is -0.693. The molecule has 0 bridgehead atoms. The Morgan fingerprint density at radius 2 is 1.86 bits per heavy atom. The number of halogens is 2. The number of hydrogen-bond acceptors (Lipinski definition) is 4. The smallest absolute Gasteiger partial charge is 0.264 e. The first kappa shape index (κ1) is 20.1. The van der Waals surface area contributed by atoms with Crippen LogP contribution in [0.2, 0.25) is 5.02 Å². The van der Waals surface area contributed by atoms with Crippen molar-refractivity contribution in [1.82, 2.24) is 9.80 Å². The molecule has 1 atom stereocenters. The van der Waals surface area contributed by atoms with Crippen LogP contribution in [0.25, 0.3) is 0 Å². The van der Waals surface area contributed by atoms with Gasteiger partial charge in [-0.05, 0) is 24.3 Å². The van der Waals surface area contributed by atoms with Gasteiger partial charge in [0.1, 0.15) is 0 Å². The molecule has 0 saturated carbocycles. The summed E-state index contributed by atoms with van der Waals surface area (Å²) in [6, 6.07) is 13.2. The third kappa shape index (κ3) is 4.08. The second-order valence-electron chi connectivity index (χ2n) is 7.05. The topological polar surface area (TPSA) is 65.0 Å². The highest BCUT2D eigenvalue weighted by atomic mass is 79.9. The van der Waals surface area contributed by atoms with E-state index in [0.29, 0.717) is 42.6 Å². The number of anilines is 1. The zero-order valence-corrected chi connectivity index (χ0v) is 18.2. The van der Waals surface area contributed by atoms with Crippen molar-refractivity contribution in [3.8, 4) is 0 Å². The summed E-state index contributed by atoms with van der Waals surface area (Å²) in [7, 11) is 0. The third-order valence-corrected chi connectivity index (χ3v) is 6.04. The number of nitrogens with one attached hydrogen (secondary N) is 1. The zero-order chi connectivity index (χ0) is 20.5. The Bertz CT molecular complexity index is 1000. The van der Waals surface area contributed by atoms with E-state index in [0.717, 1.165) is 15.6 Å². The maximum absolute atomic E-state index is 13.1. The Kier molecular flexibility index (Phi) is 5.72. The third-order valence-electron chi connectivity index (χ3n) is 5.21. The molecule has 2 aromatic rings. The van der Waals surface area contributed by atoms with E-state index in [9.17, 15) is 9.59 Å². The highest BCUT2D eigenvalue weighted by Crippen LogP contribution is 2.30. The van der Waals surface area contributed by atoms with Gasteiger partial charge in [0.2, 0.25) is 5.91 Å². The fourth-order valence-corrected chi connectivity index (χ4v) is 4.25. The van der Waals surface area contributed by atoms with E-state index >= 15 is 0 Å². The molecule has 2 heterocycles. The maximum Gasteiger partial charge on any atom is 0.264 e. The van der Waals surface area contributed by atoms with Crippen LogP contribution in [0.1, 0.15) is 18.1 Å². The number of benzodiazepines with no additional fused rings is 1. The number of carbonyl (C=O) groups excluding carboxylic acids is 2. The number of piperazine rings is 1. The minimum atomic E-state index is -0.693. The van der Waals surface area contributed by atoms with Crippen molar-refractivity contribution >= 4 is 50.7 Å². The molecule has 2 aliphatic rings. The van der Waals surface area contributed by atoms with Gasteiger partial charge in [0, 0.05) is 53.7 Å². The van der Waals surface area contributed by atoms with E-state index in [2.05, 4.69) is 21.2 Å². The lowest BCUT2D eigenvalue weighted by Crippen LogP contribution is -2.54. The Morgan fingerprint density at radius 3 is 2.55 bits per heavy atom. The SMILES string of the molecule is CC(=O)N1CCN(C2N=C(c3ccccc3Cl)c3cc(Br)ccc3NC2=O)CC1. The molecular weight excluding hydrogens is 456 g/mol. The van der Waals surface area contributed by atoms with Crippen molar-refractivity contribution in [2.75, 3.05) is 31.5 Å². The van der Waals surface area contributed by atoms with E-state index in [1.165, 1.54) is 0 Å². The molecule has 2 amide bonds. The van der Waals surface area contributed by atoms with Gasteiger partial charge in [-0.3, -0.25) is 19.5 Å². The molecule has 6 nitrogen and oxygen atoms in total. The van der Waals surface area contributed by atoms with Crippen LogP contribution in [0.4, 0.5) is 5.69 Å². The summed E-state index contributed by atoms with van der Waals surface area (Å²) in [5, 5.41) is 3.59. The summed E-state index contributed by atoms with van der Waals surface area (Å²) in [4.78, 5) is 33.4. The predicted molar refractivity (Wildman–Crippen MR) is 117 cm³/mol. The molecule has 1 saturated heterocycles.